The Morgan fingerprint density at radius 2 is 1.56 bits per heavy atom. The van der Waals surface area contributed by atoms with Crippen LogP contribution in [0.1, 0.15) is 52.9 Å². The zero-order chi connectivity index (χ0) is 11.5. The van der Waals surface area contributed by atoms with E-state index in [0.717, 1.165) is 23.7 Å². The first kappa shape index (κ1) is 12.4. The van der Waals surface area contributed by atoms with Crippen molar-refractivity contribution >= 4 is 0 Å². The molecule has 0 bridgehead atoms. The minimum absolute atomic E-state index is 0.956. The Hall–Kier alpha value is -0.0400. The molecule has 0 aromatic carbocycles. The molecular formula is C15H30N+. The number of quaternary nitrogens is 1. The molecule has 4 unspecified atom stereocenters. The van der Waals surface area contributed by atoms with Gasteiger partial charge >= 0.3 is 0 Å². The van der Waals surface area contributed by atoms with Crippen LogP contribution in [0.25, 0.3) is 0 Å². The first-order valence-corrected chi connectivity index (χ1v) is 7.48. The van der Waals surface area contributed by atoms with Crippen LogP contribution in [-0.4, -0.2) is 19.6 Å². The summed E-state index contributed by atoms with van der Waals surface area (Å²) in [5.74, 6) is 3.94. The maximum absolute atomic E-state index is 2.49. The molecule has 0 aromatic rings. The molecule has 94 valence electrons. The predicted molar refractivity (Wildman–Crippen MR) is 69.6 cm³/mol. The van der Waals surface area contributed by atoms with Crippen molar-refractivity contribution in [2.75, 3.05) is 19.6 Å². The van der Waals surface area contributed by atoms with E-state index in [2.05, 4.69) is 20.8 Å². The average molecular weight is 224 g/mol. The molecule has 1 saturated carbocycles. The molecule has 1 saturated heterocycles. The zero-order valence-electron chi connectivity index (χ0n) is 11.5. The Labute approximate surface area is 102 Å². The van der Waals surface area contributed by atoms with Crippen LogP contribution < -0.4 is 4.90 Å². The molecule has 1 nitrogen and oxygen atoms in total. The third-order valence-corrected chi connectivity index (χ3v) is 4.92. The summed E-state index contributed by atoms with van der Waals surface area (Å²) in [6.07, 6.45) is 7.44. The maximum atomic E-state index is 2.49. The van der Waals surface area contributed by atoms with E-state index in [4.69, 9.17) is 0 Å². The SMILES string of the molecule is CC1CC(C)C[NH+](CC2CCCCC2C)C1. The number of likely N-dealkylation sites (tertiary alicyclic amines) is 1. The van der Waals surface area contributed by atoms with Crippen molar-refractivity contribution in [3.05, 3.63) is 0 Å². The van der Waals surface area contributed by atoms with Crippen molar-refractivity contribution < 1.29 is 4.90 Å². The summed E-state index contributed by atoms with van der Waals surface area (Å²) < 4.78 is 0. The molecule has 0 aromatic heterocycles. The smallest absolute Gasteiger partial charge is 0.0802 e. The molecule has 2 rings (SSSR count). The fourth-order valence-corrected chi connectivity index (χ4v) is 4.16. The van der Waals surface area contributed by atoms with E-state index in [1.54, 1.807) is 0 Å². The average Bonchev–Trinajstić information content (AvgIpc) is 2.20. The maximum Gasteiger partial charge on any atom is 0.0802 e. The van der Waals surface area contributed by atoms with Gasteiger partial charge in [-0.05, 0) is 18.8 Å². The Morgan fingerprint density at radius 1 is 0.938 bits per heavy atom. The highest BCUT2D eigenvalue weighted by Crippen LogP contribution is 2.28. The van der Waals surface area contributed by atoms with Crippen LogP contribution in [0.5, 0.6) is 0 Å². The molecule has 0 radical (unpaired) electrons. The minimum atomic E-state index is 0.956. The molecule has 1 aliphatic heterocycles. The normalized spacial score (nSPS) is 45.6. The molecule has 4 atom stereocenters. The Bertz CT molecular complexity index is 203. The molecule has 16 heavy (non-hydrogen) atoms. The van der Waals surface area contributed by atoms with Gasteiger partial charge < -0.3 is 4.90 Å². The largest absolute Gasteiger partial charge is 0.334 e. The van der Waals surface area contributed by atoms with Crippen LogP contribution >= 0.6 is 0 Å². The predicted octanol–water partition coefficient (Wildman–Crippen LogP) is 2.37. The Kier molecular flexibility index (Phi) is 4.29. The van der Waals surface area contributed by atoms with Gasteiger partial charge in [0.1, 0.15) is 0 Å². The van der Waals surface area contributed by atoms with Crippen LogP contribution in [0.4, 0.5) is 0 Å². The monoisotopic (exact) mass is 224 g/mol. The molecule has 1 aliphatic carbocycles. The van der Waals surface area contributed by atoms with Crippen molar-refractivity contribution in [3.63, 3.8) is 0 Å². The third kappa shape index (κ3) is 3.23. The molecule has 1 N–H and O–H groups in total. The van der Waals surface area contributed by atoms with E-state index in [0.29, 0.717) is 0 Å². The van der Waals surface area contributed by atoms with Crippen LogP contribution in [0.15, 0.2) is 0 Å². The summed E-state index contributed by atoms with van der Waals surface area (Å²) >= 11 is 0. The molecule has 1 heterocycles. The molecule has 0 spiro atoms. The fraction of sp³-hybridized carbons (Fsp3) is 1.00. The van der Waals surface area contributed by atoms with E-state index in [1.165, 1.54) is 51.7 Å². The number of piperidine rings is 1. The first-order chi connectivity index (χ1) is 7.65. The van der Waals surface area contributed by atoms with E-state index in [-0.39, 0.29) is 0 Å². The van der Waals surface area contributed by atoms with E-state index < -0.39 is 0 Å². The van der Waals surface area contributed by atoms with Gasteiger partial charge in [0.15, 0.2) is 0 Å². The summed E-state index contributed by atoms with van der Waals surface area (Å²) in [5.41, 5.74) is 0. The van der Waals surface area contributed by atoms with E-state index >= 15 is 0 Å². The second-order valence-corrected chi connectivity index (χ2v) is 6.83. The lowest BCUT2D eigenvalue weighted by atomic mass is 9.79. The van der Waals surface area contributed by atoms with Gasteiger partial charge in [-0.1, -0.05) is 40.0 Å². The van der Waals surface area contributed by atoms with Gasteiger partial charge in [0.25, 0.3) is 0 Å². The van der Waals surface area contributed by atoms with E-state index in [9.17, 15) is 0 Å². The van der Waals surface area contributed by atoms with Crippen molar-refractivity contribution in [3.8, 4) is 0 Å². The van der Waals surface area contributed by atoms with Crippen molar-refractivity contribution in [2.24, 2.45) is 23.7 Å². The van der Waals surface area contributed by atoms with Crippen LogP contribution in [0.3, 0.4) is 0 Å². The van der Waals surface area contributed by atoms with Gasteiger partial charge in [-0.15, -0.1) is 0 Å². The molecule has 0 amide bonds. The summed E-state index contributed by atoms with van der Waals surface area (Å²) in [6, 6.07) is 0. The molecular weight excluding hydrogens is 194 g/mol. The quantitative estimate of drug-likeness (QED) is 0.734. The molecule has 2 fully saturated rings. The number of rotatable bonds is 2. The number of nitrogens with one attached hydrogen (secondary N) is 1. The van der Waals surface area contributed by atoms with Gasteiger partial charge in [-0.25, -0.2) is 0 Å². The topological polar surface area (TPSA) is 4.44 Å². The highest BCUT2D eigenvalue weighted by atomic mass is 15.1. The summed E-state index contributed by atoms with van der Waals surface area (Å²) in [6.45, 7) is 11.7. The fourth-order valence-electron chi connectivity index (χ4n) is 4.16. The van der Waals surface area contributed by atoms with E-state index in [1.807, 2.05) is 4.90 Å². The first-order valence-electron chi connectivity index (χ1n) is 7.48. The van der Waals surface area contributed by atoms with Crippen molar-refractivity contribution in [1.29, 1.82) is 0 Å². The minimum Gasteiger partial charge on any atom is -0.334 e. The Morgan fingerprint density at radius 3 is 2.19 bits per heavy atom. The molecule has 2 aliphatic rings. The number of hydrogen-bond donors (Lipinski definition) is 1. The summed E-state index contributed by atoms with van der Waals surface area (Å²) in [5, 5.41) is 0. The third-order valence-electron chi connectivity index (χ3n) is 4.92. The summed E-state index contributed by atoms with van der Waals surface area (Å²) in [7, 11) is 0. The van der Waals surface area contributed by atoms with Gasteiger partial charge in [0.2, 0.25) is 0 Å². The highest BCUT2D eigenvalue weighted by Gasteiger charge is 2.30. The lowest BCUT2D eigenvalue weighted by Gasteiger charge is -2.37. The zero-order valence-corrected chi connectivity index (χ0v) is 11.5. The van der Waals surface area contributed by atoms with Crippen LogP contribution in [-0.2, 0) is 0 Å². The lowest BCUT2D eigenvalue weighted by Crippen LogP contribution is -3.15. The van der Waals surface area contributed by atoms with Gasteiger partial charge in [0, 0.05) is 17.8 Å². The van der Waals surface area contributed by atoms with Crippen molar-refractivity contribution in [1.82, 2.24) is 0 Å². The van der Waals surface area contributed by atoms with Crippen LogP contribution in [0, 0.1) is 23.7 Å². The summed E-state index contributed by atoms with van der Waals surface area (Å²) in [4.78, 5) is 1.91. The lowest BCUT2D eigenvalue weighted by molar-refractivity contribution is -0.916. The molecule has 1 heteroatoms. The highest BCUT2D eigenvalue weighted by molar-refractivity contribution is 4.72. The van der Waals surface area contributed by atoms with Gasteiger partial charge in [0.05, 0.1) is 19.6 Å². The second kappa shape index (κ2) is 5.53. The Balaban J connectivity index is 1.83. The second-order valence-electron chi connectivity index (χ2n) is 6.83. The van der Waals surface area contributed by atoms with Crippen molar-refractivity contribution in [2.45, 2.75) is 52.9 Å². The van der Waals surface area contributed by atoms with Crippen LogP contribution in [0.2, 0.25) is 0 Å². The van der Waals surface area contributed by atoms with Gasteiger partial charge in [-0.2, -0.15) is 0 Å². The number of hydrogen-bond acceptors (Lipinski definition) is 0. The van der Waals surface area contributed by atoms with Gasteiger partial charge in [-0.3, -0.25) is 0 Å². The standard InChI is InChI=1S/C15H29N/c1-12-8-13(2)10-16(9-12)11-15-7-5-4-6-14(15)3/h12-15H,4-11H2,1-3H3/p+1.